The second-order valence-electron chi connectivity index (χ2n) is 4.14. The van der Waals surface area contributed by atoms with Crippen molar-refractivity contribution in [2.24, 2.45) is 0 Å². The first kappa shape index (κ1) is 14.4. The standard InChI is InChI=1S/C14H12ClFN2O2/c15-10-5-6-17-12(7-10)14(20)18-8-13(19)9-1-3-11(16)4-2-9/h1-7,13,19H,8H2,(H,18,20). The molecule has 0 spiro atoms. The topological polar surface area (TPSA) is 62.2 Å². The molecule has 2 rings (SSSR count). The molecule has 0 aliphatic heterocycles. The minimum Gasteiger partial charge on any atom is -0.387 e. The van der Waals surface area contributed by atoms with Crippen LogP contribution in [0.2, 0.25) is 5.02 Å². The summed E-state index contributed by atoms with van der Waals surface area (Å²) in [6, 6.07) is 8.41. The summed E-state index contributed by atoms with van der Waals surface area (Å²) < 4.78 is 12.8. The molecule has 0 bridgehead atoms. The van der Waals surface area contributed by atoms with Crippen molar-refractivity contribution in [3.63, 3.8) is 0 Å². The molecule has 1 aromatic heterocycles. The molecule has 1 heterocycles. The first-order valence-corrected chi connectivity index (χ1v) is 6.27. The fourth-order valence-electron chi connectivity index (χ4n) is 1.61. The molecule has 1 unspecified atom stereocenters. The minimum absolute atomic E-state index is 0.00133. The summed E-state index contributed by atoms with van der Waals surface area (Å²) in [5.41, 5.74) is 0.689. The highest BCUT2D eigenvalue weighted by atomic mass is 35.5. The number of aliphatic hydroxyl groups excluding tert-OH is 1. The lowest BCUT2D eigenvalue weighted by Gasteiger charge is -2.12. The van der Waals surface area contributed by atoms with Crippen molar-refractivity contribution in [1.82, 2.24) is 10.3 Å². The van der Waals surface area contributed by atoms with E-state index in [1.54, 1.807) is 6.07 Å². The zero-order valence-corrected chi connectivity index (χ0v) is 11.1. The first-order valence-electron chi connectivity index (χ1n) is 5.89. The summed E-state index contributed by atoms with van der Waals surface area (Å²) in [6.45, 7) is -0.00133. The Bertz CT molecular complexity index is 604. The number of hydrogen-bond donors (Lipinski definition) is 2. The van der Waals surface area contributed by atoms with Crippen LogP contribution in [0.25, 0.3) is 0 Å². The fourth-order valence-corrected chi connectivity index (χ4v) is 1.77. The number of pyridine rings is 1. The number of amides is 1. The Labute approximate surface area is 120 Å². The number of nitrogens with one attached hydrogen (secondary N) is 1. The van der Waals surface area contributed by atoms with Gasteiger partial charge >= 0.3 is 0 Å². The van der Waals surface area contributed by atoms with Gasteiger partial charge in [0.05, 0.1) is 6.10 Å². The normalized spacial score (nSPS) is 11.9. The van der Waals surface area contributed by atoms with Crippen LogP contribution in [0.4, 0.5) is 4.39 Å². The van der Waals surface area contributed by atoms with Crippen LogP contribution in [0, 0.1) is 5.82 Å². The number of carbonyl (C=O) groups is 1. The van der Waals surface area contributed by atoms with Crippen LogP contribution in [-0.2, 0) is 0 Å². The van der Waals surface area contributed by atoms with Crippen LogP contribution in [0.1, 0.15) is 22.2 Å². The molecular formula is C14H12ClFN2O2. The zero-order chi connectivity index (χ0) is 14.5. The third-order valence-corrected chi connectivity index (χ3v) is 2.90. The van der Waals surface area contributed by atoms with Crippen LogP contribution < -0.4 is 5.32 Å². The Balaban J connectivity index is 1.94. The molecule has 0 aliphatic rings. The van der Waals surface area contributed by atoms with Crippen molar-refractivity contribution in [1.29, 1.82) is 0 Å². The highest BCUT2D eigenvalue weighted by molar-refractivity contribution is 6.30. The molecule has 0 saturated carbocycles. The van der Waals surface area contributed by atoms with Gasteiger partial charge in [0, 0.05) is 17.8 Å². The SMILES string of the molecule is O=C(NCC(O)c1ccc(F)cc1)c1cc(Cl)ccn1. The zero-order valence-electron chi connectivity index (χ0n) is 10.4. The molecule has 1 aromatic carbocycles. The number of carbonyl (C=O) groups excluding carboxylic acids is 1. The maximum atomic E-state index is 12.8. The lowest BCUT2D eigenvalue weighted by molar-refractivity contribution is 0.0911. The van der Waals surface area contributed by atoms with E-state index in [2.05, 4.69) is 10.3 Å². The van der Waals surface area contributed by atoms with Gasteiger partial charge in [-0.25, -0.2) is 4.39 Å². The Kier molecular flexibility index (Phi) is 4.65. The summed E-state index contributed by atoms with van der Waals surface area (Å²) in [5.74, 6) is -0.818. The van der Waals surface area contributed by atoms with Crippen LogP contribution in [0.15, 0.2) is 42.6 Å². The number of aliphatic hydroxyl groups is 1. The van der Waals surface area contributed by atoms with E-state index in [1.165, 1.54) is 36.5 Å². The third kappa shape index (κ3) is 3.76. The lowest BCUT2D eigenvalue weighted by atomic mass is 10.1. The molecule has 0 fully saturated rings. The molecular weight excluding hydrogens is 283 g/mol. The van der Waals surface area contributed by atoms with Crippen molar-refractivity contribution >= 4 is 17.5 Å². The van der Waals surface area contributed by atoms with Crippen molar-refractivity contribution in [3.05, 3.63) is 64.7 Å². The molecule has 6 heteroatoms. The predicted octanol–water partition coefficient (Wildman–Crippen LogP) is 2.34. The fraction of sp³-hybridized carbons (Fsp3) is 0.143. The maximum Gasteiger partial charge on any atom is 0.270 e. The highest BCUT2D eigenvalue weighted by Gasteiger charge is 2.12. The minimum atomic E-state index is -0.918. The van der Waals surface area contributed by atoms with E-state index in [4.69, 9.17) is 11.6 Å². The van der Waals surface area contributed by atoms with E-state index in [-0.39, 0.29) is 18.1 Å². The second-order valence-corrected chi connectivity index (χ2v) is 4.57. The van der Waals surface area contributed by atoms with Crippen molar-refractivity contribution < 1.29 is 14.3 Å². The van der Waals surface area contributed by atoms with Crippen molar-refractivity contribution in [3.8, 4) is 0 Å². The first-order chi connectivity index (χ1) is 9.56. The highest BCUT2D eigenvalue weighted by Crippen LogP contribution is 2.13. The van der Waals surface area contributed by atoms with Crippen LogP contribution in [0.3, 0.4) is 0 Å². The van der Waals surface area contributed by atoms with Gasteiger partial charge in [-0.1, -0.05) is 23.7 Å². The lowest BCUT2D eigenvalue weighted by Crippen LogP contribution is -2.29. The van der Waals surface area contributed by atoms with Crippen molar-refractivity contribution in [2.45, 2.75) is 6.10 Å². The summed E-state index contributed by atoms with van der Waals surface area (Å²) in [5, 5.41) is 12.8. The summed E-state index contributed by atoms with van der Waals surface area (Å²) >= 11 is 5.76. The number of halogens is 2. The van der Waals surface area contributed by atoms with E-state index in [0.29, 0.717) is 10.6 Å². The largest absolute Gasteiger partial charge is 0.387 e. The summed E-state index contributed by atoms with van der Waals surface area (Å²) in [7, 11) is 0. The maximum absolute atomic E-state index is 12.8. The van der Waals surface area contributed by atoms with Gasteiger partial charge in [0.1, 0.15) is 11.5 Å². The average molecular weight is 295 g/mol. The van der Waals surface area contributed by atoms with E-state index >= 15 is 0 Å². The summed E-state index contributed by atoms with van der Waals surface area (Å²) in [4.78, 5) is 15.7. The van der Waals surface area contributed by atoms with Gasteiger partial charge in [0.25, 0.3) is 5.91 Å². The van der Waals surface area contributed by atoms with Gasteiger partial charge in [-0.05, 0) is 29.8 Å². The Morgan fingerprint density at radius 1 is 1.35 bits per heavy atom. The second kappa shape index (κ2) is 6.45. The summed E-state index contributed by atoms with van der Waals surface area (Å²) in [6.07, 6.45) is 0.506. The van der Waals surface area contributed by atoms with Gasteiger partial charge in [0.15, 0.2) is 0 Å². The molecule has 4 nitrogen and oxygen atoms in total. The van der Waals surface area contributed by atoms with Gasteiger partial charge < -0.3 is 10.4 Å². The Morgan fingerprint density at radius 2 is 2.05 bits per heavy atom. The molecule has 0 aliphatic carbocycles. The van der Waals surface area contributed by atoms with E-state index in [1.807, 2.05) is 0 Å². The smallest absolute Gasteiger partial charge is 0.270 e. The van der Waals surface area contributed by atoms with Gasteiger partial charge in [0.2, 0.25) is 0 Å². The molecule has 104 valence electrons. The quantitative estimate of drug-likeness (QED) is 0.910. The van der Waals surface area contributed by atoms with Crippen LogP contribution >= 0.6 is 11.6 Å². The Hall–Kier alpha value is -1.98. The van der Waals surface area contributed by atoms with Crippen molar-refractivity contribution in [2.75, 3.05) is 6.54 Å². The van der Waals surface area contributed by atoms with Gasteiger partial charge in [-0.2, -0.15) is 0 Å². The average Bonchev–Trinajstić information content (AvgIpc) is 2.45. The molecule has 2 N–H and O–H groups in total. The predicted molar refractivity (Wildman–Crippen MR) is 72.9 cm³/mol. The monoisotopic (exact) mass is 294 g/mol. The number of benzene rings is 1. The van der Waals surface area contributed by atoms with E-state index < -0.39 is 12.0 Å². The molecule has 0 saturated heterocycles. The number of rotatable bonds is 4. The third-order valence-electron chi connectivity index (χ3n) is 2.67. The van der Waals surface area contributed by atoms with Crippen LogP contribution in [0.5, 0.6) is 0 Å². The van der Waals surface area contributed by atoms with E-state index in [9.17, 15) is 14.3 Å². The van der Waals surface area contributed by atoms with Gasteiger partial charge in [-0.3, -0.25) is 9.78 Å². The molecule has 1 atom stereocenters. The van der Waals surface area contributed by atoms with Crippen LogP contribution in [-0.4, -0.2) is 22.5 Å². The van der Waals surface area contributed by atoms with E-state index in [0.717, 1.165) is 0 Å². The molecule has 0 radical (unpaired) electrons. The number of aromatic nitrogens is 1. The Morgan fingerprint density at radius 3 is 2.70 bits per heavy atom. The molecule has 1 amide bonds. The molecule has 2 aromatic rings. The van der Waals surface area contributed by atoms with Gasteiger partial charge in [-0.15, -0.1) is 0 Å². The number of nitrogens with zero attached hydrogens (tertiary/aromatic N) is 1. The molecule has 20 heavy (non-hydrogen) atoms. The number of hydrogen-bond acceptors (Lipinski definition) is 3.